The first-order chi connectivity index (χ1) is 9.83. The van der Waals surface area contributed by atoms with Crippen LogP contribution < -0.4 is 5.32 Å². The number of piperidine rings is 1. The van der Waals surface area contributed by atoms with Gasteiger partial charge < -0.3 is 15.0 Å². The summed E-state index contributed by atoms with van der Waals surface area (Å²) in [5.74, 6) is 1.30. The van der Waals surface area contributed by atoms with E-state index >= 15 is 0 Å². The Morgan fingerprint density at radius 3 is 2.70 bits per heavy atom. The molecule has 1 N–H and O–H groups in total. The third kappa shape index (κ3) is 3.51. The maximum atomic E-state index is 12.5. The predicted octanol–water partition coefficient (Wildman–Crippen LogP) is 0.167. The van der Waals surface area contributed by atoms with Gasteiger partial charge in [0.15, 0.2) is 0 Å². The summed E-state index contributed by atoms with van der Waals surface area (Å²) in [6.45, 7) is 8.81. The molecule has 20 heavy (non-hydrogen) atoms. The zero-order valence-corrected chi connectivity index (χ0v) is 12.4. The number of nitrogens with zero attached hydrogens (tertiary/aromatic N) is 2. The van der Waals surface area contributed by atoms with E-state index in [1.54, 1.807) is 0 Å². The zero-order chi connectivity index (χ0) is 13.8. The van der Waals surface area contributed by atoms with Crippen LogP contribution in [0.1, 0.15) is 19.3 Å². The number of ether oxygens (including phenoxy) is 1. The Kier molecular flexibility index (Phi) is 4.91. The van der Waals surface area contributed by atoms with Gasteiger partial charge in [0.2, 0.25) is 5.91 Å². The lowest BCUT2D eigenvalue weighted by atomic mass is 9.98. The summed E-state index contributed by atoms with van der Waals surface area (Å²) < 4.78 is 5.44. The summed E-state index contributed by atoms with van der Waals surface area (Å²) in [5, 5.41) is 3.34. The van der Waals surface area contributed by atoms with E-state index in [-0.39, 0.29) is 5.92 Å². The lowest BCUT2D eigenvalue weighted by Gasteiger charge is -2.38. The number of nitrogens with one attached hydrogen (secondary N) is 1. The lowest BCUT2D eigenvalue weighted by molar-refractivity contribution is -0.137. The molecule has 0 spiro atoms. The van der Waals surface area contributed by atoms with Gasteiger partial charge in [0, 0.05) is 45.9 Å². The Hall–Kier alpha value is -0.650. The summed E-state index contributed by atoms with van der Waals surface area (Å²) in [6, 6.07) is 0. The van der Waals surface area contributed by atoms with Gasteiger partial charge >= 0.3 is 0 Å². The van der Waals surface area contributed by atoms with Crippen molar-refractivity contribution in [3.05, 3.63) is 0 Å². The van der Waals surface area contributed by atoms with Crippen LogP contribution in [-0.2, 0) is 9.53 Å². The summed E-state index contributed by atoms with van der Waals surface area (Å²) in [4.78, 5) is 17.0. The number of rotatable bonds is 3. The quantitative estimate of drug-likeness (QED) is 0.801. The number of carbonyl (C=O) groups is 1. The molecule has 0 radical (unpaired) electrons. The molecule has 0 aromatic carbocycles. The molecule has 3 aliphatic rings. The third-order valence-electron chi connectivity index (χ3n) is 4.87. The molecule has 2 unspecified atom stereocenters. The number of carbonyl (C=O) groups excluding carboxylic acids is 1. The normalized spacial score (nSPS) is 32.5. The first kappa shape index (κ1) is 14.3. The van der Waals surface area contributed by atoms with Crippen molar-refractivity contribution >= 4 is 5.91 Å². The highest BCUT2D eigenvalue weighted by Crippen LogP contribution is 2.17. The van der Waals surface area contributed by atoms with Crippen LogP contribution >= 0.6 is 0 Å². The van der Waals surface area contributed by atoms with Gasteiger partial charge in [-0.3, -0.25) is 9.69 Å². The standard InChI is InChI=1S/C15H27N3O2/c19-15(14-2-1-4-16-10-14)18-7-5-17(6-8-18)11-13-3-9-20-12-13/h13-14,16H,1-12H2. The van der Waals surface area contributed by atoms with Crippen LogP contribution in [0.3, 0.4) is 0 Å². The molecule has 3 saturated heterocycles. The van der Waals surface area contributed by atoms with Crippen molar-refractivity contribution in [3.63, 3.8) is 0 Å². The molecule has 3 aliphatic heterocycles. The van der Waals surface area contributed by atoms with Crippen molar-refractivity contribution in [2.75, 3.05) is 59.0 Å². The highest BCUT2D eigenvalue weighted by atomic mass is 16.5. The smallest absolute Gasteiger partial charge is 0.227 e. The summed E-state index contributed by atoms with van der Waals surface area (Å²) in [6.07, 6.45) is 3.40. The maximum absolute atomic E-state index is 12.5. The van der Waals surface area contributed by atoms with E-state index < -0.39 is 0 Å². The monoisotopic (exact) mass is 281 g/mol. The first-order valence-electron chi connectivity index (χ1n) is 8.12. The molecule has 5 nitrogen and oxygen atoms in total. The molecule has 3 heterocycles. The molecule has 0 aromatic rings. The van der Waals surface area contributed by atoms with Crippen molar-refractivity contribution in [2.24, 2.45) is 11.8 Å². The van der Waals surface area contributed by atoms with Crippen LogP contribution in [0.15, 0.2) is 0 Å². The van der Waals surface area contributed by atoms with Gasteiger partial charge in [-0.25, -0.2) is 0 Å². The SMILES string of the molecule is O=C(C1CCCNC1)N1CCN(CC2CCOC2)CC1. The number of amides is 1. The van der Waals surface area contributed by atoms with Gasteiger partial charge in [0.25, 0.3) is 0 Å². The van der Waals surface area contributed by atoms with Gasteiger partial charge in [-0.2, -0.15) is 0 Å². The predicted molar refractivity (Wildman–Crippen MR) is 77.5 cm³/mol. The molecule has 0 aliphatic carbocycles. The third-order valence-corrected chi connectivity index (χ3v) is 4.87. The van der Waals surface area contributed by atoms with E-state index in [1.165, 1.54) is 6.42 Å². The minimum Gasteiger partial charge on any atom is -0.381 e. The molecule has 1 amide bonds. The van der Waals surface area contributed by atoms with Crippen LogP contribution in [0.2, 0.25) is 0 Å². The number of piperazine rings is 1. The Morgan fingerprint density at radius 1 is 1.20 bits per heavy atom. The molecule has 2 atom stereocenters. The van der Waals surface area contributed by atoms with Crippen LogP contribution in [0.5, 0.6) is 0 Å². The van der Waals surface area contributed by atoms with Crippen LogP contribution in [-0.4, -0.2) is 74.7 Å². The Labute approximate surface area is 121 Å². The van der Waals surface area contributed by atoms with E-state index in [2.05, 4.69) is 15.1 Å². The molecular weight excluding hydrogens is 254 g/mol. The Balaban J connectivity index is 1.41. The van der Waals surface area contributed by atoms with Gasteiger partial charge in [-0.1, -0.05) is 0 Å². The fourth-order valence-corrected chi connectivity index (χ4v) is 3.56. The topological polar surface area (TPSA) is 44.8 Å². The average molecular weight is 281 g/mol. The van der Waals surface area contributed by atoms with Crippen LogP contribution in [0, 0.1) is 11.8 Å². The van der Waals surface area contributed by atoms with Gasteiger partial charge in [-0.15, -0.1) is 0 Å². The molecule has 114 valence electrons. The van der Waals surface area contributed by atoms with E-state index in [1.807, 2.05) is 0 Å². The molecule has 0 aromatic heterocycles. The van der Waals surface area contributed by atoms with Crippen molar-refractivity contribution in [2.45, 2.75) is 19.3 Å². The second-order valence-electron chi connectivity index (χ2n) is 6.40. The van der Waals surface area contributed by atoms with E-state index in [0.29, 0.717) is 11.8 Å². The molecule has 3 fully saturated rings. The van der Waals surface area contributed by atoms with Crippen molar-refractivity contribution in [1.82, 2.24) is 15.1 Å². The molecule has 0 saturated carbocycles. The van der Waals surface area contributed by atoms with Gasteiger partial charge in [0.1, 0.15) is 0 Å². The molecule has 3 rings (SSSR count). The zero-order valence-electron chi connectivity index (χ0n) is 12.4. The lowest BCUT2D eigenvalue weighted by Crippen LogP contribution is -2.52. The van der Waals surface area contributed by atoms with E-state index in [0.717, 1.165) is 71.9 Å². The highest BCUT2D eigenvalue weighted by molar-refractivity contribution is 5.79. The second-order valence-corrected chi connectivity index (χ2v) is 6.40. The molecule has 0 bridgehead atoms. The summed E-state index contributed by atoms with van der Waals surface area (Å²) >= 11 is 0. The largest absolute Gasteiger partial charge is 0.381 e. The Morgan fingerprint density at radius 2 is 2.05 bits per heavy atom. The Bertz CT molecular complexity index is 317. The van der Waals surface area contributed by atoms with Crippen molar-refractivity contribution in [1.29, 1.82) is 0 Å². The first-order valence-corrected chi connectivity index (χ1v) is 8.12. The van der Waals surface area contributed by atoms with E-state index in [9.17, 15) is 4.79 Å². The van der Waals surface area contributed by atoms with Crippen molar-refractivity contribution in [3.8, 4) is 0 Å². The molecule has 5 heteroatoms. The summed E-state index contributed by atoms with van der Waals surface area (Å²) in [7, 11) is 0. The minimum absolute atomic E-state index is 0.221. The molecular formula is C15H27N3O2. The minimum atomic E-state index is 0.221. The fraction of sp³-hybridized carbons (Fsp3) is 0.933. The second kappa shape index (κ2) is 6.87. The van der Waals surface area contributed by atoms with Gasteiger partial charge in [0.05, 0.1) is 12.5 Å². The van der Waals surface area contributed by atoms with Crippen LogP contribution in [0.4, 0.5) is 0 Å². The maximum Gasteiger partial charge on any atom is 0.227 e. The highest BCUT2D eigenvalue weighted by Gasteiger charge is 2.29. The summed E-state index contributed by atoms with van der Waals surface area (Å²) in [5.41, 5.74) is 0. The number of hydrogen-bond donors (Lipinski definition) is 1. The number of hydrogen-bond acceptors (Lipinski definition) is 4. The van der Waals surface area contributed by atoms with E-state index in [4.69, 9.17) is 4.74 Å². The fourth-order valence-electron chi connectivity index (χ4n) is 3.56. The van der Waals surface area contributed by atoms with Crippen molar-refractivity contribution < 1.29 is 9.53 Å². The van der Waals surface area contributed by atoms with Crippen LogP contribution in [0.25, 0.3) is 0 Å². The van der Waals surface area contributed by atoms with Gasteiger partial charge in [-0.05, 0) is 31.7 Å². The average Bonchev–Trinajstić information content (AvgIpc) is 3.01.